The first-order valence-electron chi connectivity index (χ1n) is 5.79. The molecule has 3 heteroatoms. The predicted octanol–water partition coefficient (Wildman–Crippen LogP) is 4.90. The van der Waals surface area contributed by atoms with Crippen molar-refractivity contribution in [3.63, 3.8) is 0 Å². The third-order valence-corrected chi connectivity index (χ3v) is 6.92. The van der Waals surface area contributed by atoms with Crippen molar-refractivity contribution < 1.29 is 0 Å². The molecule has 0 heterocycles. The van der Waals surface area contributed by atoms with E-state index in [1.54, 1.807) is 0 Å². The number of hydrogen-bond donors (Lipinski definition) is 0. The largest absolute Gasteiger partial charge is 0.137 e. The fourth-order valence-corrected chi connectivity index (χ4v) is 5.80. The molecule has 2 aliphatic carbocycles. The Balaban J connectivity index is 1.84. The van der Waals surface area contributed by atoms with Gasteiger partial charge in [0.2, 0.25) is 0 Å². The van der Waals surface area contributed by atoms with E-state index in [0.29, 0.717) is 5.92 Å². The highest BCUT2D eigenvalue weighted by Gasteiger charge is 2.76. The van der Waals surface area contributed by atoms with Crippen LogP contribution in [0.3, 0.4) is 0 Å². The van der Waals surface area contributed by atoms with Crippen molar-refractivity contribution in [1.29, 1.82) is 0 Å². The second-order valence-corrected chi connectivity index (χ2v) is 7.52. The highest BCUT2D eigenvalue weighted by atomic mass is 35.5. The minimum atomic E-state index is -0.496. The van der Waals surface area contributed by atoms with Gasteiger partial charge in [0.05, 0.1) is 4.75 Å². The molecule has 0 spiro atoms. The third-order valence-electron chi connectivity index (χ3n) is 3.82. The van der Waals surface area contributed by atoms with Crippen LogP contribution in [-0.2, 0) is 0 Å². The summed E-state index contributed by atoms with van der Waals surface area (Å²) in [5.41, 5.74) is 0. The lowest BCUT2D eigenvalue weighted by molar-refractivity contribution is 0.503. The number of fused-ring (bicyclic) bond motifs is 1. The van der Waals surface area contributed by atoms with E-state index < -0.39 is 4.33 Å². The number of rotatable bonds is 2. The van der Waals surface area contributed by atoms with Crippen LogP contribution >= 0.6 is 35.0 Å². The van der Waals surface area contributed by atoms with Crippen LogP contribution in [-0.4, -0.2) is 9.08 Å². The van der Waals surface area contributed by atoms with Crippen molar-refractivity contribution >= 4 is 35.0 Å². The Bertz CT molecular complexity index is 390. The molecular formula is C13H14Cl2S. The Morgan fingerprint density at radius 1 is 1.12 bits per heavy atom. The van der Waals surface area contributed by atoms with E-state index >= 15 is 0 Å². The van der Waals surface area contributed by atoms with Gasteiger partial charge in [0.1, 0.15) is 4.33 Å². The molecule has 0 saturated heterocycles. The molecule has 0 N–H and O–H groups in total. The molecule has 0 bridgehead atoms. The average Bonchev–Trinajstić information content (AvgIpc) is 2.77. The molecule has 0 nitrogen and oxygen atoms in total. The van der Waals surface area contributed by atoms with Crippen molar-refractivity contribution in [2.24, 2.45) is 5.92 Å². The maximum Gasteiger partial charge on any atom is 0.137 e. The molecule has 2 saturated carbocycles. The van der Waals surface area contributed by atoms with Crippen LogP contribution in [0.25, 0.3) is 0 Å². The fourth-order valence-electron chi connectivity index (χ4n) is 2.89. The standard InChI is InChI=1S/C13H14Cl2S/c14-13(15)11-8-4-5-9-12(11,13)16-10-6-2-1-3-7-10/h1-3,6-7,11H,4-5,8-9H2. The Kier molecular flexibility index (Phi) is 2.69. The van der Waals surface area contributed by atoms with Crippen LogP contribution in [0, 0.1) is 5.92 Å². The van der Waals surface area contributed by atoms with Gasteiger partial charge in [-0.15, -0.1) is 11.8 Å². The Labute approximate surface area is 111 Å². The highest BCUT2D eigenvalue weighted by Crippen LogP contribution is 2.75. The summed E-state index contributed by atoms with van der Waals surface area (Å²) < 4.78 is -0.403. The van der Waals surface area contributed by atoms with Gasteiger partial charge in [-0.05, 0) is 25.0 Å². The van der Waals surface area contributed by atoms with Gasteiger partial charge in [-0.2, -0.15) is 0 Å². The summed E-state index contributed by atoms with van der Waals surface area (Å²) in [5.74, 6) is 0.488. The monoisotopic (exact) mass is 272 g/mol. The molecule has 1 aromatic rings. The van der Waals surface area contributed by atoms with E-state index in [2.05, 4.69) is 24.3 Å². The molecule has 0 aromatic heterocycles. The molecule has 16 heavy (non-hydrogen) atoms. The van der Waals surface area contributed by atoms with Gasteiger partial charge in [0.15, 0.2) is 0 Å². The number of benzene rings is 1. The zero-order valence-electron chi connectivity index (χ0n) is 8.96. The molecule has 0 amide bonds. The zero-order valence-corrected chi connectivity index (χ0v) is 11.3. The van der Waals surface area contributed by atoms with Gasteiger partial charge in [0.25, 0.3) is 0 Å². The lowest BCUT2D eigenvalue weighted by Crippen LogP contribution is -2.15. The molecule has 2 fully saturated rings. The predicted molar refractivity (Wildman–Crippen MR) is 71.4 cm³/mol. The number of halogens is 2. The molecule has 1 aromatic carbocycles. The topological polar surface area (TPSA) is 0 Å². The summed E-state index contributed by atoms with van der Waals surface area (Å²) in [7, 11) is 0. The van der Waals surface area contributed by atoms with Crippen molar-refractivity contribution in [2.75, 3.05) is 0 Å². The van der Waals surface area contributed by atoms with Crippen molar-refractivity contribution in [1.82, 2.24) is 0 Å². The second-order valence-electron chi connectivity index (χ2n) is 4.73. The Hall–Kier alpha value is 0.150. The number of thioether (sulfide) groups is 1. The maximum absolute atomic E-state index is 6.46. The van der Waals surface area contributed by atoms with Crippen molar-refractivity contribution in [3.8, 4) is 0 Å². The Morgan fingerprint density at radius 2 is 1.88 bits per heavy atom. The van der Waals surface area contributed by atoms with Gasteiger partial charge >= 0.3 is 0 Å². The SMILES string of the molecule is ClC1(Cl)C2CCCCC21Sc1ccccc1. The van der Waals surface area contributed by atoms with Crippen LogP contribution in [0.2, 0.25) is 0 Å². The van der Waals surface area contributed by atoms with Crippen LogP contribution in [0.15, 0.2) is 35.2 Å². The normalized spacial score (nSPS) is 35.5. The van der Waals surface area contributed by atoms with E-state index in [0.717, 1.165) is 6.42 Å². The average molecular weight is 273 g/mol. The molecule has 2 unspecified atom stereocenters. The van der Waals surface area contributed by atoms with Gasteiger partial charge in [-0.25, -0.2) is 0 Å². The smallest absolute Gasteiger partial charge is 0.116 e. The van der Waals surface area contributed by atoms with Gasteiger partial charge < -0.3 is 0 Å². The number of hydrogen-bond acceptors (Lipinski definition) is 1. The van der Waals surface area contributed by atoms with Gasteiger partial charge in [-0.1, -0.05) is 54.2 Å². The van der Waals surface area contributed by atoms with E-state index in [9.17, 15) is 0 Å². The van der Waals surface area contributed by atoms with Gasteiger partial charge in [0, 0.05) is 10.8 Å². The maximum atomic E-state index is 6.46. The first kappa shape index (κ1) is 11.3. The molecule has 0 aliphatic heterocycles. The first-order valence-corrected chi connectivity index (χ1v) is 7.36. The third kappa shape index (κ3) is 1.52. The summed E-state index contributed by atoms with van der Waals surface area (Å²) in [6.45, 7) is 0. The van der Waals surface area contributed by atoms with E-state index in [1.165, 1.54) is 24.2 Å². The van der Waals surface area contributed by atoms with Crippen LogP contribution in [0.5, 0.6) is 0 Å². The van der Waals surface area contributed by atoms with E-state index in [4.69, 9.17) is 23.2 Å². The summed E-state index contributed by atoms with van der Waals surface area (Å²) in [6, 6.07) is 10.5. The summed E-state index contributed by atoms with van der Waals surface area (Å²) >= 11 is 14.8. The fraction of sp³-hybridized carbons (Fsp3) is 0.538. The minimum Gasteiger partial charge on any atom is -0.116 e. The highest BCUT2D eigenvalue weighted by molar-refractivity contribution is 8.01. The molecule has 3 rings (SSSR count). The Morgan fingerprint density at radius 3 is 2.56 bits per heavy atom. The van der Waals surface area contributed by atoms with E-state index in [1.807, 2.05) is 17.8 Å². The van der Waals surface area contributed by atoms with Gasteiger partial charge in [-0.3, -0.25) is 0 Å². The first-order chi connectivity index (χ1) is 7.67. The number of alkyl halides is 2. The summed E-state index contributed by atoms with van der Waals surface area (Å²) in [5, 5.41) is 0. The van der Waals surface area contributed by atoms with Crippen molar-refractivity contribution in [3.05, 3.63) is 30.3 Å². The second kappa shape index (κ2) is 3.83. The quantitative estimate of drug-likeness (QED) is 0.691. The summed E-state index contributed by atoms with van der Waals surface area (Å²) in [4.78, 5) is 1.29. The lowest BCUT2D eigenvalue weighted by atomic mass is 10.0. The molecular weight excluding hydrogens is 259 g/mol. The summed E-state index contributed by atoms with van der Waals surface area (Å²) in [6.07, 6.45) is 4.89. The molecule has 86 valence electrons. The van der Waals surface area contributed by atoms with Crippen molar-refractivity contribution in [2.45, 2.75) is 39.7 Å². The molecule has 0 radical (unpaired) electrons. The van der Waals surface area contributed by atoms with Crippen LogP contribution in [0.4, 0.5) is 0 Å². The zero-order chi connectivity index (χ0) is 11.2. The van der Waals surface area contributed by atoms with Crippen LogP contribution < -0.4 is 0 Å². The molecule has 2 atom stereocenters. The van der Waals surface area contributed by atoms with Crippen LogP contribution in [0.1, 0.15) is 25.7 Å². The van der Waals surface area contributed by atoms with E-state index in [-0.39, 0.29) is 4.75 Å². The lowest BCUT2D eigenvalue weighted by Gasteiger charge is -2.21. The minimum absolute atomic E-state index is 0.0930. The molecule has 2 aliphatic rings.